The van der Waals surface area contributed by atoms with Crippen molar-refractivity contribution in [2.24, 2.45) is 0 Å². The molecule has 3 aromatic rings. The third kappa shape index (κ3) is 1.97. The molecule has 3 rings (SSSR count). The quantitative estimate of drug-likeness (QED) is 0.770. The Balaban J connectivity index is 2.36. The minimum Gasteiger partial charge on any atom is -0.497 e. The predicted molar refractivity (Wildman–Crippen MR) is 81.3 cm³/mol. The highest BCUT2D eigenvalue weighted by atomic mass is 16.5. The SMILES string of the molecule is COc1ccc2c(-c3ccccc3C)c[nH]c(=O)c2c1. The second kappa shape index (κ2) is 4.85. The molecule has 1 heterocycles. The molecule has 0 saturated heterocycles. The molecular formula is C17H15NO2. The first-order valence-corrected chi connectivity index (χ1v) is 6.46. The van der Waals surface area contributed by atoms with Gasteiger partial charge in [0.2, 0.25) is 0 Å². The summed E-state index contributed by atoms with van der Waals surface area (Å²) in [4.78, 5) is 14.8. The Morgan fingerprint density at radius 1 is 1.00 bits per heavy atom. The fourth-order valence-corrected chi connectivity index (χ4v) is 2.46. The van der Waals surface area contributed by atoms with E-state index in [9.17, 15) is 4.79 Å². The molecule has 3 nitrogen and oxygen atoms in total. The van der Waals surface area contributed by atoms with Gasteiger partial charge in [0.05, 0.1) is 12.5 Å². The molecule has 1 aromatic heterocycles. The van der Waals surface area contributed by atoms with Crippen molar-refractivity contribution in [1.82, 2.24) is 4.98 Å². The minimum absolute atomic E-state index is 0.101. The van der Waals surface area contributed by atoms with Gasteiger partial charge in [-0.25, -0.2) is 0 Å². The first-order valence-electron chi connectivity index (χ1n) is 6.46. The summed E-state index contributed by atoms with van der Waals surface area (Å²) in [5.74, 6) is 0.685. The van der Waals surface area contributed by atoms with E-state index < -0.39 is 0 Å². The maximum absolute atomic E-state index is 12.0. The van der Waals surface area contributed by atoms with Crippen LogP contribution in [0.3, 0.4) is 0 Å². The number of fused-ring (bicyclic) bond motifs is 1. The Morgan fingerprint density at radius 3 is 2.55 bits per heavy atom. The molecule has 0 saturated carbocycles. The van der Waals surface area contributed by atoms with Gasteiger partial charge in [0.25, 0.3) is 5.56 Å². The van der Waals surface area contributed by atoms with Crippen molar-refractivity contribution in [3.8, 4) is 16.9 Å². The van der Waals surface area contributed by atoms with Crippen LogP contribution in [-0.2, 0) is 0 Å². The van der Waals surface area contributed by atoms with Crippen LogP contribution in [0.4, 0.5) is 0 Å². The van der Waals surface area contributed by atoms with E-state index in [1.165, 1.54) is 5.56 Å². The van der Waals surface area contributed by atoms with E-state index in [-0.39, 0.29) is 5.56 Å². The fraction of sp³-hybridized carbons (Fsp3) is 0.118. The lowest BCUT2D eigenvalue weighted by Crippen LogP contribution is -2.06. The number of aryl methyl sites for hydroxylation is 1. The third-order valence-electron chi connectivity index (χ3n) is 3.54. The largest absolute Gasteiger partial charge is 0.497 e. The monoisotopic (exact) mass is 265 g/mol. The normalized spacial score (nSPS) is 10.7. The van der Waals surface area contributed by atoms with Crippen LogP contribution in [0.5, 0.6) is 5.75 Å². The number of hydrogen-bond acceptors (Lipinski definition) is 2. The zero-order valence-corrected chi connectivity index (χ0v) is 11.4. The number of nitrogens with one attached hydrogen (secondary N) is 1. The maximum Gasteiger partial charge on any atom is 0.255 e. The Labute approximate surface area is 116 Å². The van der Waals surface area contributed by atoms with E-state index >= 15 is 0 Å². The molecule has 0 spiro atoms. The van der Waals surface area contributed by atoms with Gasteiger partial charge in [-0.15, -0.1) is 0 Å². The van der Waals surface area contributed by atoms with Gasteiger partial charge in [-0.3, -0.25) is 4.79 Å². The summed E-state index contributed by atoms with van der Waals surface area (Å²) in [6, 6.07) is 13.7. The van der Waals surface area contributed by atoms with E-state index in [0.717, 1.165) is 16.5 Å². The van der Waals surface area contributed by atoms with Crippen molar-refractivity contribution in [2.45, 2.75) is 6.92 Å². The van der Waals surface area contributed by atoms with Gasteiger partial charge in [0.1, 0.15) is 5.75 Å². The number of aromatic amines is 1. The highest BCUT2D eigenvalue weighted by molar-refractivity contribution is 5.96. The van der Waals surface area contributed by atoms with Gasteiger partial charge < -0.3 is 9.72 Å². The maximum atomic E-state index is 12.0. The van der Waals surface area contributed by atoms with Crippen LogP contribution in [-0.4, -0.2) is 12.1 Å². The van der Waals surface area contributed by atoms with Crippen molar-refractivity contribution in [2.75, 3.05) is 7.11 Å². The van der Waals surface area contributed by atoms with E-state index in [1.54, 1.807) is 19.4 Å². The Hall–Kier alpha value is -2.55. The number of benzene rings is 2. The number of ether oxygens (including phenoxy) is 1. The number of hydrogen-bond donors (Lipinski definition) is 1. The van der Waals surface area contributed by atoms with Crippen LogP contribution < -0.4 is 10.3 Å². The highest BCUT2D eigenvalue weighted by Gasteiger charge is 2.09. The first-order chi connectivity index (χ1) is 9.70. The van der Waals surface area contributed by atoms with Gasteiger partial charge in [0.15, 0.2) is 0 Å². The average Bonchev–Trinajstić information content (AvgIpc) is 2.48. The summed E-state index contributed by atoms with van der Waals surface area (Å²) in [6.45, 7) is 2.07. The molecule has 0 aliphatic heterocycles. The summed E-state index contributed by atoms with van der Waals surface area (Å²) in [7, 11) is 1.60. The first kappa shape index (κ1) is 12.5. The summed E-state index contributed by atoms with van der Waals surface area (Å²) in [6.07, 6.45) is 1.78. The molecule has 0 atom stereocenters. The topological polar surface area (TPSA) is 42.1 Å². The van der Waals surface area contributed by atoms with Crippen molar-refractivity contribution in [1.29, 1.82) is 0 Å². The van der Waals surface area contributed by atoms with Crippen LogP contribution >= 0.6 is 0 Å². The Morgan fingerprint density at radius 2 is 1.80 bits per heavy atom. The molecule has 0 unspecified atom stereocenters. The van der Waals surface area contributed by atoms with Crippen LogP contribution in [0.1, 0.15) is 5.56 Å². The summed E-state index contributed by atoms with van der Waals surface area (Å²) in [5.41, 5.74) is 3.23. The average molecular weight is 265 g/mol. The van der Waals surface area contributed by atoms with Gasteiger partial charge >= 0.3 is 0 Å². The molecule has 1 N–H and O–H groups in total. The minimum atomic E-state index is -0.101. The van der Waals surface area contributed by atoms with E-state index in [0.29, 0.717) is 11.1 Å². The summed E-state index contributed by atoms with van der Waals surface area (Å²) < 4.78 is 5.19. The molecule has 3 heteroatoms. The number of rotatable bonds is 2. The number of pyridine rings is 1. The van der Waals surface area contributed by atoms with Crippen LogP contribution in [0, 0.1) is 6.92 Å². The van der Waals surface area contributed by atoms with Gasteiger partial charge in [0, 0.05) is 11.8 Å². The smallest absolute Gasteiger partial charge is 0.255 e. The van der Waals surface area contributed by atoms with Gasteiger partial charge in [-0.1, -0.05) is 24.3 Å². The van der Waals surface area contributed by atoms with Crippen molar-refractivity contribution < 1.29 is 4.74 Å². The predicted octanol–water partition coefficient (Wildman–Crippen LogP) is 3.51. The van der Waals surface area contributed by atoms with Crippen LogP contribution in [0.2, 0.25) is 0 Å². The number of aromatic nitrogens is 1. The van der Waals surface area contributed by atoms with Gasteiger partial charge in [-0.05, 0) is 41.6 Å². The number of methoxy groups -OCH3 is 1. The lowest BCUT2D eigenvalue weighted by atomic mass is 9.97. The summed E-state index contributed by atoms with van der Waals surface area (Å²) in [5, 5.41) is 1.58. The van der Waals surface area contributed by atoms with Gasteiger partial charge in [-0.2, -0.15) is 0 Å². The van der Waals surface area contributed by atoms with Crippen molar-refractivity contribution in [3.63, 3.8) is 0 Å². The van der Waals surface area contributed by atoms with Crippen LogP contribution in [0.15, 0.2) is 53.5 Å². The zero-order valence-electron chi connectivity index (χ0n) is 11.4. The molecule has 100 valence electrons. The van der Waals surface area contributed by atoms with E-state index in [4.69, 9.17) is 4.74 Å². The molecule has 2 aromatic carbocycles. The summed E-state index contributed by atoms with van der Waals surface area (Å²) >= 11 is 0. The lowest BCUT2D eigenvalue weighted by molar-refractivity contribution is 0.415. The van der Waals surface area contributed by atoms with Crippen LogP contribution in [0.25, 0.3) is 21.9 Å². The number of H-pyrrole nitrogens is 1. The molecule has 0 fully saturated rings. The molecule has 0 aliphatic carbocycles. The molecule has 0 radical (unpaired) electrons. The fourth-order valence-electron chi connectivity index (χ4n) is 2.46. The second-order valence-corrected chi connectivity index (χ2v) is 4.76. The molecule has 20 heavy (non-hydrogen) atoms. The van der Waals surface area contributed by atoms with Crippen molar-refractivity contribution >= 4 is 10.8 Å². The Bertz CT molecular complexity index is 834. The van der Waals surface area contributed by atoms with Crippen molar-refractivity contribution in [3.05, 3.63) is 64.6 Å². The second-order valence-electron chi connectivity index (χ2n) is 4.76. The standard InChI is InChI=1S/C17H15NO2/c1-11-5-3-4-6-13(11)16-10-18-17(19)15-9-12(20-2)7-8-14(15)16/h3-10H,1-2H3,(H,18,19). The molecule has 0 amide bonds. The third-order valence-corrected chi connectivity index (χ3v) is 3.54. The zero-order chi connectivity index (χ0) is 14.1. The lowest BCUT2D eigenvalue weighted by Gasteiger charge is -2.10. The van der Waals surface area contributed by atoms with E-state index in [2.05, 4.69) is 24.0 Å². The highest BCUT2D eigenvalue weighted by Crippen LogP contribution is 2.30. The molecule has 0 bridgehead atoms. The van der Waals surface area contributed by atoms with E-state index in [1.807, 2.05) is 24.3 Å². The molecular weight excluding hydrogens is 250 g/mol. The Kier molecular flexibility index (Phi) is 3.03. The molecule has 0 aliphatic rings.